The smallest absolute Gasteiger partial charge is 0.303 e. The van der Waals surface area contributed by atoms with Crippen molar-refractivity contribution in [2.75, 3.05) is 14.2 Å². The highest BCUT2D eigenvalue weighted by atomic mass is 16.5. The number of benzene rings is 1. The lowest BCUT2D eigenvalue weighted by Crippen LogP contribution is -2.10. The molecule has 5 nitrogen and oxygen atoms in total. The van der Waals surface area contributed by atoms with Gasteiger partial charge in [0.25, 0.3) is 0 Å². The fourth-order valence-corrected chi connectivity index (χ4v) is 1.89. The van der Waals surface area contributed by atoms with Crippen molar-refractivity contribution in [2.45, 2.75) is 31.7 Å². The molecule has 0 fully saturated rings. The molecule has 19 heavy (non-hydrogen) atoms. The first-order valence-corrected chi connectivity index (χ1v) is 6.27. The van der Waals surface area contributed by atoms with Crippen LogP contribution in [0.2, 0.25) is 0 Å². The van der Waals surface area contributed by atoms with Gasteiger partial charge in [0.2, 0.25) is 0 Å². The Labute approximate surface area is 113 Å². The van der Waals surface area contributed by atoms with Gasteiger partial charge in [-0.3, -0.25) is 4.79 Å². The molecule has 0 aromatic heterocycles. The summed E-state index contributed by atoms with van der Waals surface area (Å²) >= 11 is 0. The zero-order chi connectivity index (χ0) is 14.3. The molecule has 1 aromatic rings. The summed E-state index contributed by atoms with van der Waals surface area (Å²) in [6, 6.07) is 5.48. The molecule has 0 saturated carbocycles. The van der Waals surface area contributed by atoms with E-state index in [9.17, 15) is 4.79 Å². The largest absolute Gasteiger partial charge is 0.493 e. The van der Waals surface area contributed by atoms with Crippen molar-refractivity contribution >= 4 is 5.97 Å². The Kier molecular flexibility index (Phi) is 6.15. The molecule has 1 rings (SSSR count). The Morgan fingerprint density at radius 3 is 2.53 bits per heavy atom. The molecule has 0 spiro atoms. The average Bonchev–Trinajstić information content (AvgIpc) is 2.42. The number of methoxy groups -OCH3 is 2. The number of rotatable bonds is 8. The molecule has 0 aliphatic carbocycles. The van der Waals surface area contributed by atoms with Crippen LogP contribution in [0.3, 0.4) is 0 Å². The van der Waals surface area contributed by atoms with Gasteiger partial charge in [0.05, 0.1) is 14.2 Å². The van der Waals surface area contributed by atoms with E-state index in [0.29, 0.717) is 17.9 Å². The maximum absolute atomic E-state index is 10.4. The molecule has 0 bridgehead atoms. The maximum atomic E-state index is 10.4. The van der Waals surface area contributed by atoms with E-state index in [4.69, 9.17) is 20.3 Å². The van der Waals surface area contributed by atoms with E-state index in [1.807, 2.05) is 18.2 Å². The van der Waals surface area contributed by atoms with Gasteiger partial charge in [-0.2, -0.15) is 0 Å². The first-order chi connectivity index (χ1) is 9.08. The second-order valence-corrected chi connectivity index (χ2v) is 4.36. The number of nitrogens with two attached hydrogens (primary N) is 1. The molecule has 0 aliphatic rings. The number of carboxylic acid groups (broad SMARTS) is 1. The van der Waals surface area contributed by atoms with Crippen LogP contribution in [0.4, 0.5) is 0 Å². The van der Waals surface area contributed by atoms with E-state index >= 15 is 0 Å². The van der Waals surface area contributed by atoms with Gasteiger partial charge in [-0.15, -0.1) is 0 Å². The minimum absolute atomic E-state index is 0.117. The molecule has 1 atom stereocenters. The Morgan fingerprint density at radius 1 is 1.26 bits per heavy atom. The number of ether oxygens (including phenoxy) is 2. The van der Waals surface area contributed by atoms with E-state index in [-0.39, 0.29) is 12.5 Å². The third kappa shape index (κ3) is 4.79. The summed E-state index contributed by atoms with van der Waals surface area (Å²) in [7, 11) is 3.17. The number of unbranched alkanes of at least 4 members (excludes halogenated alkanes) is 1. The highest BCUT2D eigenvalue weighted by Gasteiger charge is 2.10. The first-order valence-electron chi connectivity index (χ1n) is 6.27. The minimum Gasteiger partial charge on any atom is -0.493 e. The van der Waals surface area contributed by atoms with Crippen molar-refractivity contribution in [2.24, 2.45) is 5.73 Å². The number of hydrogen-bond acceptors (Lipinski definition) is 4. The first kappa shape index (κ1) is 15.3. The Balaban J connectivity index is 2.56. The lowest BCUT2D eigenvalue weighted by atomic mass is 10.0. The predicted molar refractivity (Wildman–Crippen MR) is 72.6 cm³/mol. The molecule has 1 aromatic carbocycles. The summed E-state index contributed by atoms with van der Waals surface area (Å²) in [4.78, 5) is 10.4. The molecule has 1 unspecified atom stereocenters. The van der Waals surface area contributed by atoms with E-state index in [1.54, 1.807) is 14.2 Å². The normalized spacial score (nSPS) is 11.9. The van der Waals surface area contributed by atoms with Crippen molar-refractivity contribution in [1.82, 2.24) is 0 Å². The zero-order valence-corrected chi connectivity index (χ0v) is 11.4. The van der Waals surface area contributed by atoms with Crippen molar-refractivity contribution in [1.29, 1.82) is 0 Å². The second-order valence-electron chi connectivity index (χ2n) is 4.36. The quantitative estimate of drug-likeness (QED) is 0.706. The maximum Gasteiger partial charge on any atom is 0.303 e. The van der Waals surface area contributed by atoms with Crippen LogP contribution in [-0.2, 0) is 4.79 Å². The molecule has 106 valence electrons. The molecule has 3 N–H and O–H groups in total. The summed E-state index contributed by atoms with van der Waals surface area (Å²) < 4.78 is 10.4. The van der Waals surface area contributed by atoms with Gasteiger partial charge < -0.3 is 20.3 Å². The van der Waals surface area contributed by atoms with Gasteiger partial charge in [-0.25, -0.2) is 0 Å². The van der Waals surface area contributed by atoms with E-state index in [0.717, 1.165) is 18.4 Å². The lowest BCUT2D eigenvalue weighted by Gasteiger charge is -2.14. The standard InChI is InChI=1S/C14H21NO4/c1-18-12-8-7-10(9-13(12)19-2)11(15)5-3-4-6-14(16)17/h7-9,11H,3-6,15H2,1-2H3,(H,16,17). The van der Waals surface area contributed by atoms with Crippen molar-refractivity contribution in [3.8, 4) is 11.5 Å². The second kappa shape index (κ2) is 7.63. The summed E-state index contributed by atoms with van der Waals surface area (Å²) in [6.45, 7) is 0. The van der Waals surface area contributed by atoms with Crippen molar-refractivity contribution < 1.29 is 19.4 Å². The fourth-order valence-electron chi connectivity index (χ4n) is 1.89. The van der Waals surface area contributed by atoms with Gasteiger partial charge in [-0.05, 0) is 30.5 Å². The van der Waals surface area contributed by atoms with Crippen LogP contribution in [-0.4, -0.2) is 25.3 Å². The third-order valence-electron chi connectivity index (χ3n) is 2.99. The highest BCUT2D eigenvalue weighted by Crippen LogP contribution is 2.30. The zero-order valence-electron chi connectivity index (χ0n) is 11.4. The summed E-state index contributed by atoms with van der Waals surface area (Å²) in [6.07, 6.45) is 2.39. The fraction of sp³-hybridized carbons (Fsp3) is 0.500. The third-order valence-corrected chi connectivity index (χ3v) is 2.99. The Morgan fingerprint density at radius 2 is 1.95 bits per heavy atom. The monoisotopic (exact) mass is 267 g/mol. The van der Waals surface area contributed by atoms with E-state index in [1.165, 1.54) is 0 Å². The SMILES string of the molecule is COc1ccc(C(N)CCCCC(=O)O)cc1OC. The summed E-state index contributed by atoms with van der Waals surface area (Å²) in [5.41, 5.74) is 7.05. The van der Waals surface area contributed by atoms with Gasteiger partial charge in [0.1, 0.15) is 0 Å². The van der Waals surface area contributed by atoms with Crippen LogP contribution in [0.5, 0.6) is 11.5 Å². The topological polar surface area (TPSA) is 81.8 Å². The number of hydrogen-bond donors (Lipinski definition) is 2. The predicted octanol–water partition coefficient (Wildman–Crippen LogP) is 2.35. The highest BCUT2D eigenvalue weighted by molar-refractivity contribution is 5.66. The van der Waals surface area contributed by atoms with Gasteiger partial charge in [0, 0.05) is 12.5 Å². The van der Waals surface area contributed by atoms with Gasteiger partial charge >= 0.3 is 5.97 Å². The molecule has 0 amide bonds. The summed E-state index contributed by atoms with van der Waals surface area (Å²) in [5.74, 6) is 0.560. The van der Waals surface area contributed by atoms with Crippen molar-refractivity contribution in [3.63, 3.8) is 0 Å². The van der Waals surface area contributed by atoms with Crippen LogP contribution in [0.1, 0.15) is 37.3 Å². The van der Waals surface area contributed by atoms with Gasteiger partial charge in [-0.1, -0.05) is 12.5 Å². The van der Waals surface area contributed by atoms with E-state index < -0.39 is 5.97 Å². The number of carboxylic acids is 1. The van der Waals surface area contributed by atoms with Gasteiger partial charge in [0.15, 0.2) is 11.5 Å². The molecule has 0 radical (unpaired) electrons. The number of carbonyl (C=O) groups is 1. The minimum atomic E-state index is -0.764. The molecular weight excluding hydrogens is 246 g/mol. The Hall–Kier alpha value is -1.75. The molecular formula is C14H21NO4. The molecule has 5 heteroatoms. The van der Waals surface area contributed by atoms with Crippen LogP contribution in [0.15, 0.2) is 18.2 Å². The van der Waals surface area contributed by atoms with Crippen molar-refractivity contribution in [3.05, 3.63) is 23.8 Å². The van der Waals surface area contributed by atoms with E-state index in [2.05, 4.69) is 0 Å². The van der Waals surface area contributed by atoms with Crippen LogP contribution in [0, 0.1) is 0 Å². The van der Waals surface area contributed by atoms with Crippen LogP contribution >= 0.6 is 0 Å². The molecule has 0 saturated heterocycles. The lowest BCUT2D eigenvalue weighted by molar-refractivity contribution is -0.137. The average molecular weight is 267 g/mol. The summed E-state index contributed by atoms with van der Waals surface area (Å²) in [5, 5.41) is 8.56. The van der Waals surface area contributed by atoms with Crippen LogP contribution < -0.4 is 15.2 Å². The molecule has 0 aliphatic heterocycles. The Bertz CT molecular complexity index is 420. The number of aliphatic carboxylic acids is 1. The van der Waals surface area contributed by atoms with Crippen LogP contribution in [0.25, 0.3) is 0 Å². The molecule has 0 heterocycles.